The zero-order valence-corrected chi connectivity index (χ0v) is 9.25. The molecule has 86 valence electrons. The Hall–Kier alpha value is -0.900. The summed E-state index contributed by atoms with van der Waals surface area (Å²) in [5.74, 6) is 0.308. The highest BCUT2D eigenvalue weighted by Crippen LogP contribution is 2.28. The first-order valence-corrected chi connectivity index (χ1v) is 5.89. The summed E-state index contributed by atoms with van der Waals surface area (Å²) in [5.41, 5.74) is 1.33. The van der Waals surface area contributed by atoms with Crippen molar-refractivity contribution < 1.29 is 9.84 Å². The van der Waals surface area contributed by atoms with E-state index in [-0.39, 0.29) is 12.2 Å². The second-order valence-corrected chi connectivity index (χ2v) is 4.80. The molecule has 0 saturated carbocycles. The quantitative estimate of drug-likeness (QED) is 0.801. The molecule has 3 rings (SSSR count). The molecular formula is C13H17NO2. The number of nitrogens with zero attached hydrogens (tertiary/aromatic N) is 1. The second-order valence-electron chi connectivity index (χ2n) is 4.80. The van der Waals surface area contributed by atoms with Crippen LogP contribution in [-0.4, -0.2) is 41.9 Å². The number of hydrogen-bond donors (Lipinski definition) is 1. The summed E-state index contributed by atoms with van der Waals surface area (Å²) in [5, 5.41) is 9.84. The van der Waals surface area contributed by atoms with Crippen molar-refractivity contribution in [3.8, 4) is 0 Å². The van der Waals surface area contributed by atoms with Crippen LogP contribution in [0.3, 0.4) is 0 Å². The summed E-state index contributed by atoms with van der Waals surface area (Å²) < 4.78 is 5.57. The van der Waals surface area contributed by atoms with Gasteiger partial charge in [-0.1, -0.05) is 30.3 Å². The molecule has 1 aromatic rings. The number of ether oxygens (including phenoxy) is 1. The number of aliphatic hydroxyl groups is 1. The molecule has 3 nitrogen and oxygen atoms in total. The molecular weight excluding hydrogens is 202 g/mol. The summed E-state index contributed by atoms with van der Waals surface area (Å²) in [4.78, 5) is 2.38. The predicted molar refractivity (Wildman–Crippen MR) is 61.0 cm³/mol. The Morgan fingerprint density at radius 3 is 2.81 bits per heavy atom. The molecule has 3 atom stereocenters. The Morgan fingerprint density at radius 1 is 1.25 bits per heavy atom. The van der Waals surface area contributed by atoms with E-state index in [1.807, 2.05) is 6.07 Å². The van der Waals surface area contributed by atoms with Gasteiger partial charge in [-0.15, -0.1) is 0 Å². The smallest absolute Gasteiger partial charge is 0.0964 e. The van der Waals surface area contributed by atoms with Crippen LogP contribution < -0.4 is 0 Å². The molecule has 1 N–H and O–H groups in total. The largest absolute Gasteiger partial charge is 0.390 e. The third-order valence-electron chi connectivity index (χ3n) is 3.57. The standard InChI is InChI=1S/C13H17NO2/c15-13-11-7-14(8-12(13)16-9-11)6-10-4-2-1-3-5-10/h1-5,11-13,15H,6-9H2/t11-,12+,13-/m0/s1. The summed E-state index contributed by atoms with van der Waals surface area (Å²) in [7, 11) is 0. The lowest BCUT2D eigenvalue weighted by molar-refractivity contribution is -0.0105. The van der Waals surface area contributed by atoms with Crippen LogP contribution in [0.25, 0.3) is 0 Å². The lowest BCUT2D eigenvalue weighted by Gasteiger charge is -2.33. The SMILES string of the molecule is O[C@H]1[C@@H]2CO[C@@H]1CN(Cc1ccccc1)C2. The second kappa shape index (κ2) is 4.17. The fourth-order valence-electron chi connectivity index (χ4n) is 2.70. The van der Waals surface area contributed by atoms with Crippen LogP contribution in [0.2, 0.25) is 0 Å². The van der Waals surface area contributed by atoms with Crippen molar-refractivity contribution in [2.24, 2.45) is 5.92 Å². The number of benzene rings is 1. The van der Waals surface area contributed by atoms with E-state index in [1.54, 1.807) is 0 Å². The lowest BCUT2D eigenvalue weighted by Crippen LogP contribution is -2.47. The van der Waals surface area contributed by atoms with E-state index >= 15 is 0 Å². The van der Waals surface area contributed by atoms with Crippen LogP contribution >= 0.6 is 0 Å². The van der Waals surface area contributed by atoms with Gasteiger partial charge in [-0.2, -0.15) is 0 Å². The van der Waals surface area contributed by atoms with Gasteiger partial charge in [0.1, 0.15) is 0 Å². The maximum atomic E-state index is 9.84. The molecule has 2 aliphatic rings. The molecule has 0 aliphatic carbocycles. The van der Waals surface area contributed by atoms with Gasteiger partial charge in [-0.25, -0.2) is 0 Å². The predicted octanol–water partition coefficient (Wildman–Crippen LogP) is 0.878. The minimum atomic E-state index is -0.243. The Morgan fingerprint density at radius 2 is 2.06 bits per heavy atom. The minimum Gasteiger partial charge on any atom is -0.390 e. The van der Waals surface area contributed by atoms with E-state index in [9.17, 15) is 5.11 Å². The van der Waals surface area contributed by atoms with Gasteiger partial charge in [0.15, 0.2) is 0 Å². The molecule has 2 heterocycles. The fourth-order valence-corrected chi connectivity index (χ4v) is 2.70. The molecule has 16 heavy (non-hydrogen) atoms. The van der Waals surface area contributed by atoms with Gasteiger partial charge in [0.05, 0.1) is 18.8 Å². The molecule has 2 saturated heterocycles. The highest BCUT2D eigenvalue weighted by molar-refractivity contribution is 5.14. The number of hydrogen-bond acceptors (Lipinski definition) is 3. The van der Waals surface area contributed by atoms with Crippen molar-refractivity contribution in [3.05, 3.63) is 35.9 Å². The van der Waals surface area contributed by atoms with Crippen LogP contribution in [0.4, 0.5) is 0 Å². The monoisotopic (exact) mass is 219 g/mol. The molecule has 0 amide bonds. The van der Waals surface area contributed by atoms with Gasteiger partial charge in [0, 0.05) is 25.6 Å². The van der Waals surface area contributed by atoms with Crippen molar-refractivity contribution in [2.75, 3.05) is 19.7 Å². The molecule has 0 unspecified atom stereocenters. The van der Waals surface area contributed by atoms with Crippen molar-refractivity contribution in [3.63, 3.8) is 0 Å². The molecule has 3 heteroatoms. The lowest BCUT2D eigenvalue weighted by atomic mass is 9.96. The Labute approximate surface area is 95.6 Å². The van der Waals surface area contributed by atoms with Gasteiger partial charge in [-0.3, -0.25) is 4.90 Å². The van der Waals surface area contributed by atoms with Gasteiger partial charge in [0.25, 0.3) is 0 Å². The first-order valence-electron chi connectivity index (χ1n) is 5.89. The normalized spacial score (nSPS) is 34.2. The third kappa shape index (κ3) is 1.86. The molecule has 1 aromatic carbocycles. The van der Waals surface area contributed by atoms with Crippen molar-refractivity contribution in [1.29, 1.82) is 0 Å². The van der Waals surface area contributed by atoms with Crippen molar-refractivity contribution in [1.82, 2.24) is 4.90 Å². The summed E-state index contributed by atoms with van der Waals surface area (Å²) >= 11 is 0. The Bertz CT molecular complexity index is 340. The van der Waals surface area contributed by atoms with Crippen LogP contribution in [-0.2, 0) is 11.3 Å². The minimum absolute atomic E-state index is 0.0301. The zero-order valence-electron chi connectivity index (χ0n) is 9.25. The van der Waals surface area contributed by atoms with Crippen LogP contribution in [0.5, 0.6) is 0 Å². The average Bonchev–Trinajstić information content (AvgIpc) is 2.54. The van der Waals surface area contributed by atoms with E-state index in [1.165, 1.54) is 5.56 Å². The fraction of sp³-hybridized carbons (Fsp3) is 0.538. The summed E-state index contributed by atoms with van der Waals surface area (Å²) in [6.07, 6.45) is -0.213. The van der Waals surface area contributed by atoms with E-state index in [4.69, 9.17) is 4.74 Å². The van der Waals surface area contributed by atoms with E-state index in [0.717, 1.165) is 26.2 Å². The van der Waals surface area contributed by atoms with Gasteiger partial charge >= 0.3 is 0 Å². The van der Waals surface area contributed by atoms with Crippen molar-refractivity contribution >= 4 is 0 Å². The highest BCUT2D eigenvalue weighted by Gasteiger charge is 2.41. The molecule has 0 aromatic heterocycles. The molecule has 2 bridgehead atoms. The van der Waals surface area contributed by atoms with E-state index in [2.05, 4.69) is 29.2 Å². The summed E-state index contributed by atoms with van der Waals surface area (Å²) in [6.45, 7) is 3.49. The number of rotatable bonds is 2. The van der Waals surface area contributed by atoms with Crippen LogP contribution in [0, 0.1) is 5.92 Å². The summed E-state index contributed by atoms with van der Waals surface area (Å²) in [6, 6.07) is 10.5. The molecule has 2 fully saturated rings. The topological polar surface area (TPSA) is 32.7 Å². The van der Waals surface area contributed by atoms with Crippen LogP contribution in [0.1, 0.15) is 5.56 Å². The first-order chi connectivity index (χ1) is 7.83. The zero-order chi connectivity index (χ0) is 11.0. The maximum Gasteiger partial charge on any atom is 0.0964 e. The van der Waals surface area contributed by atoms with Crippen molar-refractivity contribution in [2.45, 2.75) is 18.8 Å². The number of fused-ring (bicyclic) bond motifs is 2. The Balaban J connectivity index is 1.66. The van der Waals surface area contributed by atoms with Gasteiger partial charge < -0.3 is 9.84 Å². The number of likely N-dealkylation sites (tertiary alicyclic amines) is 1. The molecule has 0 spiro atoms. The van der Waals surface area contributed by atoms with E-state index in [0.29, 0.717) is 5.92 Å². The van der Waals surface area contributed by atoms with Gasteiger partial charge in [0.2, 0.25) is 0 Å². The Kier molecular flexibility index (Phi) is 2.67. The maximum absolute atomic E-state index is 9.84. The molecule has 2 aliphatic heterocycles. The number of aliphatic hydroxyl groups excluding tert-OH is 1. The third-order valence-corrected chi connectivity index (χ3v) is 3.57. The van der Waals surface area contributed by atoms with Crippen LogP contribution in [0.15, 0.2) is 30.3 Å². The average molecular weight is 219 g/mol. The highest BCUT2D eigenvalue weighted by atomic mass is 16.5. The molecule has 0 radical (unpaired) electrons. The first kappa shape index (κ1) is 10.3. The number of piperidine rings is 1. The van der Waals surface area contributed by atoms with Gasteiger partial charge in [-0.05, 0) is 5.56 Å². The van der Waals surface area contributed by atoms with E-state index < -0.39 is 0 Å².